The molecule has 0 aromatic carbocycles. The molecule has 0 aliphatic rings. The van der Waals surface area contributed by atoms with Crippen LogP contribution in [0.15, 0.2) is 22.9 Å². The third-order valence-electron chi connectivity index (χ3n) is 2.48. The summed E-state index contributed by atoms with van der Waals surface area (Å²) in [5, 5.41) is 3.90. The molecule has 0 aliphatic carbocycles. The summed E-state index contributed by atoms with van der Waals surface area (Å²) in [6, 6.07) is 3.51. The molecule has 0 unspecified atom stereocenters. The van der Waals surface area contributed by atoms with Crippen LogP contribution in [0.1, 0.15) is 32.7 Å². The Balaban J connectivity index is 2.27. The summed E-state index contributed by atoms with van der Waals surface area (Å²) in [4.78, 5) is 7.30. The van der Waals surface area contributed by atoms with Crippen molar-refractivity contribution >= 4 is 0 Å². The number of nitrogens with two attached hydrogens (primary N) is 1. The van der Waals surface area contributed by atoms with Gasteiger partial charge >= 0.3 is 0 Å². The molecule has 2 aromatic heterocycles. The highest BCUT2D eigenvalue weighted by Gasteiger charge is 2.27. The first-order valence-corrected chi connectivity index (χ1v) is 5.21. The monoisotopic (exact) mass is 220 g/mol. The molecule has 0 aliphatic heterocycles. The van der Waals surface area contributed by atoms with Gasteiger partial charge in [0.2, 0.25) is 11.7 Å². The van der Waals surface area contributed by atoms with Gasteiger partial charge in [0.25, 0.3) is 0 Å². The van der Waals surface area contributed by atoms with Gasteiger partial charge in [-0.2, -0.15) is 4.98 Å². The smallest absolute Gasteiger partial charge is 0.244 e. The number of hydrogen-bond acceptors (Lipinski definition) is 4. The van der Waals surface area contributed by atoms with Crippen molar-refractivity contribution in [3.05, 3.63) is 24.2 Å². The van der Waals surface area contributed by atoms with E-state index in [0.717, 1.165) is 5.69 Å². The van der Waals surface area contributed by atoms with Gasteiger partial charge in [0.05, 0.1) is 11.7 Å². The maximum atomic E-state index is 6.03. The van der Waals surface area contributed by atoms with Crippen molar-refractivity contribution in [1.82, 2.24) is 15.1 Å². The Labute approximate surface area is 94.0 Å². The van der Waals surface area contributed by atoms with Crippen molar-refractivity contribution in [1.29, 1.82) is 0 Å². The molecule has 86 valence electrons. The van der Waals surface area contributed by atoms with E-state index < -0.39 is 0 Å². The molecule has 1 atom stereocenters. The highest BCUT2D eigenvalue weighted by atomic mass is 16.5. The van der Waals surface area contributed by atoms with Crippen LogP contribution in [-0.4, -0.2) is 15.1 Å². The van der Waals surface area contributed by atoms with Crippen LogP contribution < -0.4 is 5.73 Å². The second kappa shape index (κ2) is 3.75. The minimum Gasteiger partial charge on any atom is -0.359 e. The van der Waals surface area contributed by atoms with Crippen molar-refractivity contribution in [3.8, 4) is 11.5 Å². The third kappa shape index (κ3) is 1.99. The van der Waals surface area contributed by atoms with Gasteiger partial charge in [0.15, 0.2) is 0 Å². The number of nitrogens with zero attached hydrogens (tertiary/aromatic N) is 2. The summed E-state index contributed by atoms with van der Waals surface area (Å²) in [7, 11) is 0. The van der Waals surface area contributed by atoms with Crippen molar-refractivity contribution in [3.63, 3.8) is 0 Å². The quantitative estimate of drug-likeness (QED) is 0.812. The predicted molar refractivity (Wildman–Crippen MR) is 60.5 cm³/mol. The third-order valence-corrected chi connectivity index (χ3v) is 2.48. The van der Waals surface area contributed by atoms with Crippen molar-refractivity contribution in [2.45, 2.75) is 26.8 Å². The molecule has 0 bridgehead atoms. The van der Waals surface area contributed by atoms with Gasteiger partial charge in [-0.15, -0.1) is 0 Å². The minimum absolute atomic E-state index is 0.0977. The largest absolute Gasteiger partial charge is 0.359 e. The Morgan fingerprint density at radius 1 is 1.44 bits per heavy atom. The maximum Gasteiger partial charge on any atom is 0.244 e. The summed E-state index contributed by atoms with van der Waals surface area (Å²) in [5.41, 5.74) is 6.76. The van der Waals surface area contributed by atoms with Crippen molar-refractivity contribution in [2.24, 2.45) is 11.1 Å². The highest BCUT2D eigenvalue weighted by Crippen LogP contribution is 2.30. The molecule has 0 spiro atoms. The molecule has 0 fully saturated rings. The lowest BCUT2D eigenvalue weighted by Crippen LogP contribution is -2.26. The second-order valence-electron chi connectivity index (χ2n) is 4.88. The number of hydrogen-bond donors (Lipinski definition) is 2. The SMILES string of the molecule is CC(C)(C)[C@H](N)c1nc(-c2ccc[nH]2)no1. The van der Waals surface area contributed by atoms with Crippen LogP contribution >= 0.6 is 0 Å². The van der Waals surface area contributed by atoms with Gasteiger partial charge in [-0.1, -0.05) is 25.9 Å². The lowest BCUT2D eigenvalue weighted by molar-refractivity contribution is 0.253. The number of rotatable bonds is 2. The fraction of sp³-hybridized carbons (Fsp3) is 0.455. The van der Waals surface area contributed by atoms with Crippen LogP contribution in [0.25, 0.3) is 11.5 Å². The number of H-pyrrole nitrogens is 1. The maximum absolute atomic E-state index is 6.03. The van der Waals surface area contributed by atoms with E-state index in [2.05, 4.69) is 15.1 Å². The van der Waals surface area contributed by atoms with Gasteiger partial charge in [-0.05, 0) is 17.5 Å². The van der Waals surface area contributed by atoms with E-state index in [1.165, 1.54) is 0 Å². The standard InChI is InChI=1S/C11H16N4O/c1-11(2,3)8(12)10-14-9(15-16-10)7-5-4-6-13-7/h4-6,8,13H,12H2,1-3H3/t8-/m1/s1. The van der Waals surface area contributed by atoms with Gasteiger partial charge < -0.3 is 15.2 Å². The van der Waals surface area contributed by atoms with Gasteiger partial charge in [-0.25, -0.2) is 0 Å². The van der Waals surface area contributed by atoms with E-state index in [9.17, 15) is 0 Å². The Kier molecular flexibility index (Phi) is 2.55. The molecule has 5 heteroatoms. The van der Waals surface area contributed by atoms with E-state index in [-0.39, 0.29) is 11.5 Å². The number of aromatic nitrogens is 3. The molecular formula is C11H16N4O. The zero-order chi connectivity index (χ0) is 11.8. The van der Waals surface area contributed by atoms with E-state index in [1.54, 1.807) is 0 Å². The predicted octanol–water partition coefficient (Wildman–Crippen LogP) is 2.11. The number of nitrogens with one attached hydrogen (secondary N) is 1. The number of aromatic amines is 1. The first-order chi connectivity index (χ1) is 7.48. The van der Waals surface area contributed by atoms with E-state index in [1.807, 2.05) is 39.1 Å². The van der Waals surface area contributed by atoms with Crippen LogP contribution in [0.5, 0.6) is 0 Å². The Morgan fingerprint density at radius 3 is 2.75 bits per heavy atom. The van der Waals surface area contributed by atoms with Crippen molar-refractivity contribution < 1.29 is 4.52 Å². The first kappa shape index (κ1) is 10.9. The molecule has 0 radical (unpaired) electrons. The molecule has 5 nitrogen and oxygen atoms in total. The van der Waals surface area contributed by atoms with Crippen LogP contribution in [0, 0.1) is 5.41 Å². The molecule has 0 saturated carbocycles. The van der Waals surface area contributed by atoms with E-state index in [0.29, 0.717) is 11.7 Å². The zero-order valence-electron chi connectivity index (χ0n) is 9.69. The molecule has 2 heterocycles. The lowest BCUT2D eigenvalue weighted by Gasteiger charge is -2.23. The Hall–Kier alpha value is -1.62. The average molecular weight is 220 g/mol. The summed E-state index contributed by atoms with van der Waals surface area (Å²) < 4.78 is 5.17. The van der Waals surface area contributed by atoms with Gasteiger partial charge in [-0.3, -0.25) is 0 Å². The first-order valence-electron chi connectivity index (χ1n) is 5.21. The topological polar surface area (TPSA) is 80.7 Å². The average Bonchev–Trinajstić information content (AvgIpc) is 2.85. The molecule has 2 aromatic rings. The highest BCUT2D eigenvalue weighted by molar-refractivity contribution is 5.47. The molecule has 2 rings (SSSR count). The molecule has 0 saturated heterocycles. The van der Waals surface area contributed by atoms with Gasteiger partial charge in [0, 0.05) is 6.20 Å². The molecular weight excluding hydrogens is 204 g/mol. The summed E-state index contributed by atoms with van der Waals surface area (Å²) in [6.45, 7) is 6.11. The lowest BCUT2D eigenvalue weighted by atomic mass is 9.87. The van der Waals surface area contributed by atoms with Crippen LogP contribution in [0.2, 0.25) is 0 Å². The summed E-state index contributed by atoms with van der Waals surface area (Å²) in [6.07, 6.45) is 1.81. The fourth-order valence-electron chi connectivity index (χ4n) is 1.31. The normalized spacial score (nSPS) is 14.0. The molecule has 16 heavy (non-hydrogen) atoms. The Morgan fingerprint density at radius 2 is 2.19 bits per heavy atom. The zero-order valence-corrected chi connectivity index (χ0v) is 9.69. The molecule has 3 N–H and O–H groups in total. The molecule has 0 amide bonds. The van der Waals surface area contributed by atoms with E-state index >= 15 is 0 Å². The second-order valence-corrected chi connectivity index (χ2v) is 4.88. The van der Waals surface area contributed by atoms with Crippen LogP contribution in [0.4, 0.5) is 0 Å². The Bertz CT molecular complexity index is 453. The van der Waals surface area contributed by atoms with E-state index in [4.69, 9.17) is 10.3 Å². The van der Waals surface area contributed by atoms with Crippen molar-refractivity contribution in [2.75, 3.05) is 0 Å². The van der Waals surface area contributed by atoms with Crippen LogP contribution in [0.3, 0.4) is 0 Å². The fourth-order valence-corrected chi connectivity index (χ4v) is 1.31. The van der Waals surface area contributed by atoms with Crippen LogP contribution in [-0.2, 0) is 0 Å². The van der Waals surface area contributed by atoms with Gasteiger partial charge in [0.1, 0.15) is 0 Å². The summed E-state index contributed by atoms with van der Waals surface area (Å²) >= 11 is 0. The summed E-state index contributed by atoms with van der Waals surface area (Å²) in [5.74, 6) is 1.01. The minimum atomic E-state index is -0.260.